The normalized spacial score (nSPS) is 11.2. The number of unbranched alkanes of at least 4 members (excludes halogenated alkanes) is 1. The largest absolute Gasteiger partial charge is 0.297 e. The summed E-state index contributed by atoms with van der Waals surface area (Å²) in [5.41, 5.74) is 0.646. The molecular formula is C16H17N5OS. The molecule has 0 bridgehead atoms. The molecule has 0 N–H and O–H groups in total. The van der Waals surface area contributed by atoms with Crippen molar-refractivity contribution in [3.8, 4) is 12.1 Å². The molecule has 23 heavy (non-hydrogen) atoms. The van der Waals surface area contributed by atoms with E-state index in [2.05, 4.69) is 5.10 Å². The molecule has 0 aliphatic rings. The first-order chi connectivity index (χ1) is 11.2. The maximum atomic E-state index is 12.6. The third-order valence-electron chi connectivity index (χ3n) is 3.41. The second-order valence-corrected chi connectivity index (χ2v) is 5.93. The molecule has 2 heterocycles. The minimum Gasteiger partial charge on any atom is -0.297 e. The van der Waals surface area contributed by atoms with Crippen LogP contribution in [-0.2, 0) is 13.1 Å². The number of nitrogens with zero attached hydrogens (tertiary/aromatic N) is 5. The molecule has 0 aromatic carbocycles. The van der Waals surface area contributed by atoms with Gasteiger partial charge in [0, 0.05) is 19.3 Å². The summed E-state index contributed by atoms with van der Waals surface area (Å²) in [5, 5.41) is 22.4. The van der Waals surface area contributed by atoms with Gasteiger partial charge in [-0.2, -0.15) is 15.6 Å². The molecule has 0 radical (unpaired) electrons. The fourth-order valence-corrected chi connectivity index (χ4v) is 3.27. The molecule has 0 amide bonds. The van der Waals surface area contributed by atoms with Crippen LogP contribution in [-0.4, -0.2) is 14.3 Å². The van der Waals surface area contributed by atoms with Crippen molar-refractivity contribution in [3.63, 3.8) is 0 Å². The van der Waals surface area contributed by atoms with E-state index in [0.29, 0.717) is 22.3 Å². The Morgan fingerprint density at radius 3 is 2.74 bits per heavy atom. The maximum Gasteiger partial charge on any atom is 0.269 e. The van der Waals surface area contributed by atoms with E-state index < -0.39 is 0 Å². The molecule has 0 aliphatic heterocycles. The standard InChI is InChI=1S/C16H17N5OS/c1-3-5-8-20-15(22)14(23-16(20)12(10-17)11-18)9-13-6-7-19-21(13)4-2/h6-7,9H,3-5,8H2,1-2H3/b14-9+. The third kappa shape index (κ3) is 3.41. The van der Waals surface area contributed by atoms with Crippen LogP contribution in [0.15, 0.2) is 17.1 Å². The molecule has 118 valence electrons. The van der Waals surface area contributed by atoms with Crippen molar-refractivity contribution in [1.29, 1.82) is 10.5 Å². The van der Waals surface area contributed by atoms with E-state index in [1.165, 1.54) is 15.9 Å². The number of hydrogen-bond donors (Lipinski definition) is 0. The lowest BCUT2D eigenvalue weighted by molar-refractivity contribution is 0.609. The van der Waals surface area contributed by atoms with Crippen LogP contribution in [0.5, 0.6) is 0 Å². The lowest BCUT2D eigenvalue weighted by Gasteiger charge is -1.99. The quantitative estimate of drug-likeness (QED) is 0.818. The minimum atomic E-state index is -0.162. The van der Waals surface area contributed by atoms with Crippen molar-refractivity contribution < 1.29 is 0 Å². The van der Waals surface area contributed by atoms with Crippen LogP contribution in [0.25, 0.3) is 11.6 Å². The number of aromatic nitrogens is 3. The van der Waals surface area contributed by atoms with Gasteiger partial charge in [0.05, 0.1) is 10.2 Å². The fraction of sp³-hybridized carbons (Fsp3) is 0.375. The van der Waals surface area contributed by atoms with Crippen LogP contribution < -0.4 is 14.8 Å². The van der Waals surface area contributed by atoms with Crippen molar-refractivity contribution in [2.24, 2.45) is 0 Å². The molecule has 0 spiro atoms. The predicted molar refractivity (Wildman–Crippen MR) is 88.8 cm³/mol. The summed E-state index contributed by atoms with van der Waals surface area (Å²) in [5.74, 6) is 0. The van der Waals surface area contributed by atoms with E-state index in [-0.39, 0.29) is 11.1 Å². The summed E-state index contributed by atoms with van der Waals surface area (Å²) in [6.45, 7) is 5.22. The molecule has 2 rings (SSSR count). The van der Waals surface area contributed by atoms with Crippen molar-refractivity contribution in [1.82, 2.24) is 14.3 Å². The highest BCUT2D eigenvalue weighted by atomic mass is 32.1. The van der Waals surface area contributed by atoms with Crippen LogP contribution >= 0.6 is 11.3 Å². The zero-order chi connectivity index (χ0) is 16.8. The molecule has 0 atom stereocenters. The number of rotatable bonds is 5. The zero-order valence-corrected chi connectivity index (χ0v) is 13.9. The lowest BCUT2D eigenvalue weighted by atomic mass is 10.3. The van der Waals surface area contributed by atoms with E-state index in [4.69, 9.17) is 10.5 Å². The zero-order valence-electron chi connectivity index (χ0n) is 13.1. The van der Waals surface area contributed by atoms with Crippen molar-refractivity contribution in [2.45, 2.75) is 39.8 Å². The summed E-state index contributed by atoms with van der Waals surface area (Å²) in [6.07, 6.45) is 5.20. The summed E-state index contributed by atoms with van der Waals surface area (Å²) < 4.78 is 4.26. The van der Waals surface area contributed by atoms with E-state index in [1.54, 1.807) is 17.0 Å². The van der Waals surface area contributed by atoms with E-state index in [0.717, 1.165) is 18.5 Å². The fourth-order valence-electron chi connectivity index (χ4n) is 2.21. The van der Waals surface area contributed by atoms with Crippen LogP contribution in [0.2, 0.25) is 0 Å². The summed E-state index contributed by atoms with van der Waals surface area (Å²) >= 11 is 1.18. The van der Waals surface area contributed by atoms with Crippen molar-refractivity contribution in [2.75, 3.05) is 0 Å². The van der Waals surface area contributed by atoms with Crippen molar-refractivity contribution >= 4 is 23.0 Å². The van der Waals surface area contributed by atoms with Crippen molar-refractivity contribution in [3.05, 3.63) is 37.5 Å². The topological polar surface area (TPSA) is 87.4 Å². The number of thiazole rings is 1. The predicted octanol–water partition coefficient (Wildman–Crippen LogP) is 0.953. The molecule has 2 aromatic heterocycles. The van der Waals surface area contributed by atoms with Gasteiger partial charge in [0.1, 0.15) is 16.8 Å². The smallest absolute Gasteiger partial charge is 0.269 e. The monoisotopic (exact) mass is 327 g/mol. The Balaban J connectivity index is 2.74. The van der Waals surface area contributed by atoms with E-state index in [1.807, 2.05) is 32.1 Å². The van der Waals surface area contributed by atoms with Gasteiger partial charge in [-0.1, -0.05) is 13.3 Å². The molecule has 0 fully saturated rings. The molecule has 0 aliphatic carbocycles. The van der Waals surface area contributed by atoms with Gasteiger partial charge >= 0.3 is 0 Å². The van der Waals surface area contributed by atoms with Gasteiger partial charge in [-0.25, -0.2) is 0 Å². The summed E-state index contributed by atoms with van der Waals surface area (Å²) in [7, 11) is 0. The second kappa shape index (κ2) is 7.57. The first-order valence-corrected chi connectivity index (χ1v) is 8.25. The van der Waals surface area contributed by atoms with Gasteiger partial charge < -0.3 is 0 Å². The molecule has 7 heteroatoms. The Hall–Kier alpha value is -2.64. The average molecular weight is 327 g/mol. The van der Waals surface area contributed by atoms with E-state index in [9.17, 15) is 4.79 Å². The van der Waals surface area contributed by atoms with Gasteiger partial charge in [0.2, 0.25) is 0 Å². The molecular weight excluding hydrogens is 310 g/mol. The van der Waals surface area contributed by atoms with E-state index >= 15 is 0 Å². The van der Waals surface area contributed by atoms with Crippen LogP contribution in [0, 0.1) is 22.7 Å². The number of aryl methyl sites for hydroxylation is 1. The SMILES string of the molecule is CCCCn1c(=C(C#N)C#N)s/c(=C/c2ccnn2CC)c1=O. The van der Waals surface area contributed by atoms with Gasteiger partial charge in [-0.3, -0.25) is 14.0 Å². The Bertz CT molecular complexity index is 932. The molecule has 6 nitrogen and oxygen atoms in total. The van der Waals surface area contributed by atoms with Gasteiger partial charge in [0.25, 0.3) is 5.56 Å². The highest BCUT2D eigenvalue weighted by Gasteiger charge is 2.09. The highest BCUT2D eigenvalue weighted by Crippen LogP contribution is 2.00. The minimum absolute atomic E-state index is 0.0214. The third-order valence-corrected chi connectivity index (χ3v) is 4.54. The molecule has 0 saturated carbocycles. The molecule has 0 saturated heterocycles. The molecule has 2 aromatic rings. The number of nitriles is 2. The highest BCUT2D eigenvalue weighted by molar-refractivity contribution is 7.07. The van der Waals surface area contributed by atoms with Gasteiger partial charge in [-0.15, -0.1) is 11.3 Å². The molecule has 0 unspecified atom stereocenters. The Kier molecular flexibility index (Phi) is 5.51. The van der Waals surface area contributed by atoms with Crippen LogP contribution in [0.4, 0.5) is 0 Å². The Morgan fingerprint density at radius 2 is 2.13 bits per heavy atom. The van der Waals surface area contributed by atoms with Gasteiger partial charge in [0.15, 0.2) is 5.57 Å². The van der Waals surface area contributed by atoms with Gasteiger partial charge in [-0.05, 0) is 25.5 Å². The Labute approximate surface area is 137 Å². The average Bonchev–Trinajstić information content (AvgIpc) is 3.13. The summed E-state index contributed by atoms with van der Waals surface area (Å²) in [6, 6.07) is 5.59. The van der Waals surface area contributed by atoms with Crippen LogP contribution in [0.3, 0.4) is 0 Å². The van der Waals surface area contributed by atoms with Crippen LogP contribution in [0.1, 0.15) is 32.4 Å². The first kappa shape index (κ1) is 16.7. The summed E-state index contributed by atoms with van der Waals surface area (Å²) in [4.78, 5) is 12.6. The maximum absolute atomic E-state index is 12.6. The Morgan fingerprint density at radius 1 is 1.39 bits per heavy atom. The lowest BCUT2D eigenvalue weighted by Crippen LogP contribution is -2.32. The first-order valence-electron chi connectivity index (χ1n) is 7.43. The number of hydrogen-bond acceptors (Lipinski definition) is 5. The second-order valence-electron chi connectivity index (χ2n) is 4.90.